The van der Waals surface area contributed by atoms with Crippen molar-refractivity contribution in [3.63, 3.8) is 0 Å². The van der Waals surface area contributed by atoms with E-state index in [2.05, 4.69) is 21.0 Å². The zero-order chi connectivity index (χ0) is 13.1. The van der Waals surface area contributed by atoms with Crippen LogP contribution in [0.4, 0.5) is 0 Å². The van der Waals surface area contributed by atoms with Gasteiger partial charge in [-0.2, -0.15) is 5.10 Å². The van der Waals surface area contributed by atoms with E-state index in [0.717, 1.165) is 21.3 Å². The van der Waals surface area contributed by atoms with E-state index in [9.17, 15) is 0 Å². The minimum absolute atomic E-state index is 0.472. The van der Waals surface area contributed by atoms with Crippen LogP contribution in [0.3, 0.4) is 0 Å². The van der Waals surface area contributed by atoms with Gasteiger partial charge in [-0.25, -0.2) is 0 Å². The molecular weight excluding hydrogens is 316 g/mol. The van der Waals surface area contributed by atoms with Crippen LogP contribution in [0.5, 0.6) is 0 Å². The first-order chi connectivity index (χ1) is 8.59. The average Bonchev–Trinajstić information content (AvgIpc) is 2.58. The van der Waals surface area contributed by atoms with Crippen molar-refractivity contribution >= 4 is 27.5 Å². The average molecular weight is 330 g/mol. The Hall–Kier alpha value is -0.840. The van der Waals surface area contributed by atoms with Gasteiger partial charge in [-0.3, -0.25) is 4.68 Å². The van der Waals surface area contributed by atoms with Crippen molar-refractivity contribution in [3.8, 4) is 0 Å². The minimum Gasteiger partial charge on any atom is -0.372 e. The summed E-state index contributed by atoms with van der Waals surface area (Å²) in [5.41, 5.74) is 2.98. The van der Waals surface area contributed by atoms with Crippen LogP contribution >= 0.6 is 27.5 Å². The summed E-state index contributed by atoms with van der Waals surface area (Å²) >= 11 is 9.63. The fourth-order valence-corrected chi connectivity index (χ4v) is 2.34. The smallest absolute Gasteiger partial charge is 0.132 e. The highest BCUT2D eigenvalue weighted by Gasteiger charge is 2.11. The highest BCUT2D eigenvalue weighted by atomic mass is 79.9. The number of hydrogen-bond donors (Lipinski definition) is 0. The number of halogens is 2. The molecule has 0 aliphatic rings. The molecule has 0 unspecified atom stereocenters. The van der Waals surface area contributed by atoms with Gasteiger partial charge in [0.1, 0.15) is 5.15 Å². The molecule has 0 saturated heterocycles. The van der Waals surface area contributed by atoms with Crippen molar-refractivity contribution in [1.82, 2.24) is 9.78 Å². The van der Waals surface area contributed by atoms with E-state index in [-0.39, 0.29) is 0 Å². The lowest BCUT2D eigenvalue weighted by Crippen LogP contribution is -1.96. The second kappa shape index (κ2) is 5.87. The van der Waals surface area contributed by atoms with Crippen molar-refractivity contribution in [2.75, 3.05) is 0 Å². The van der Waals surface area contributed by atoms with Crippen molar-refractivity contribution in [2.24, 2.45) is 7.05 Å². The fourth-order valence-electron chi connectivity index (χ4n) is 1.72. The number of rotatable bonds is 4. The molecule has 96 valence electrons. The molecule has 0 aliphatic carbocycles. The largest absolute Gasteiger partial charge is 0.372 e. The number of benzene rings is 1. The van der Waals surface area contributed by atoms with Crippen molar-refractivity contribution in [2.45, 2.75) is 20.1 Å². The van der Waals surface area contributed by atoms with Gasteiger partial charge in [-0.15, -0.1) is 0 Å². The summed E-state index contributed by atoms with van der Waals surface area (Å²) in [6, 6.07) is 8.00. The van der Waals surface area contributed by atoms with E-state index in [1.807, 2.05) is 38.2 Å². The lowest BCUT2D eigenvalue weighted by Gasteiger charge is -2.06. The molecule has 5 heteroatoms. The third-order valence-electron chi connectivity index (χ3n) is 2.73. The van der Waals surface area contributed by atoms with Crippen LogP contribution < -0.4 is 0 Å². The molecule has 0 aliphatic heterocycles. The fraction of sp³-hybridized carbons (Fsp3) is 0.308. The van der Waals surface area contributed by atoms with E-state index < -0.39 is 0 Å². The van der Waals surface area contributed by atoms with Gasteiger partial charge < -0.3 is 4.74 Å². The first kappa shape index (κ1) is 13.6. The summed E-state index contributed by atoms with van der Waals surface area (Å²) in [4.78, 5) is 0. The molecule has 0 fully saturated rings. The normalized spacial score (nSPS) is 10.9. The molecule has 0 radical (unpaired) electrons. The maximum atomic E-state index is 6.14. The highest BCUT2D eigenvalue weighted by Crippen LogP contribution is 2.21. The van der Waals surface area contributed by atoms with Crippen LogP contribution in [-0.4, -0.2) is 9.78 Å². The van der Waals surface area contributed by atoms with Gasteiger partial charge in [-0.05, 0) is 18.6 Å². The predicted molar refractivity (Wildman–Crippen MR) is 75.6 cm³/mol. The van der Waals surface area contributed by atoms with Crippen molar-refractivity contribution in [1.29, 1.82) is 0 Å². The maximum Gasteiger partial charge on any atom is 0.132 e. The molecule has 3 nitrogen and oxygen atoms in total. The summed E-state index contributed by atoms with van der Waals surface area (Å²) in [5, 5.41) is 4.89. The quantitative estimate of drug-likeness (QED) is 0.851. The van der Waals surface area contributed by atoms with Gasteiger partial charge in [0, 0.05) is 17.1 Å². The Morgan fingerprint density at radius 2 is 2.06 bits per heavy atom. The van der Waals surface area contributed by atoms with Crippen LogP contribution in [0.25, 0.3) is 0 Å². The number of aromatic nitrogens is 2. The SMILES string of the molecule is Cc1nn(C)c(Cl)c1COCc1ccccc1Br. The zero-order valence-electron chi connectivity index (χ0n) is 10.3. The zero-order valence-corrected chi connectivity index (χ0v) is 12.6. The van der Waals surface area contributed by atoms with Crippen molar-refractivity contribution < 1.29 is 4.74 Å². The maximum absolute atomic E-state index is 6.14. The Morgan fingerprint density at radius 3 is 2.67 bits per heavy atom. The molecule has 1 aromatic carbocycles. The number of nitrogens with zero attached hydrogens (tertiary/aromatic N) is 2. The highest BCUT2D eigenvalue weighted by molar-refractivity contribution is 9.10. The Morgan fingerprint density at radius 1 is 1.33 bits per heavy atom. The van der Waals surface area contributed by atoms with Gasteiger partial charge in [0.25, 0.3) is 0 Å². The Balaban J connectivity index is 1.99. The van der Waals surface area contributed by atoms with Gasteiger partial charge in [0.2, 0.25) is 0 Å². The molecule has 0 spiro atoms. The van der Waals surface area contributed by atoms with Gasteiger partial charge >= 0.3 is 0 Å². The second-order valence-electron chi connectivity index (χ2n) is 4.06. The monoisotopic (exact) mass is 328 g/mol. The lowest BCUT2D eigenvalue weighted by atomic mass is 10.2. The minimum atomic E-state index is 0.472. The molecule has 0 saturated carbocycles. The molecule has 2 rings (SSSR count). The third kappa shape index (κ3) is 2.94. The van der Waals surface area contributed by atoms with Crippen molar-refractivity contribution in [3.05, 3.63) is 50.7 Å². The molecule has 18 heavy (non-hydrogen) atoms. The van der Waals surface area contributed by atoms with Crippen LogP contribution in [0, 0.1) is 6.92 Å². The predicted octanol–water partition coefficient (Wildman–Crippen LogP) is 3.86. The molecular formula is C13H14BrClN2O. The Labute approximate surface area is 120 Å². The van der Waals surface area contributed by atoms with Gasteiger partial charge in [0.15, 0.2) is 0 Å². The van der Waals surface area contributed by atoms with Gasteiger partial charge in [0.05, 0.1) is 18.9 Å². The standard InChI is InChI=1S/C13H14BrClN2O/c1-9-11(13(15)17(2)16-9)8-18-7-10-5-3-4-6-12(10)14/h3-6H,7-8H2,1-2H3. The van der Waals surface area contributed by atoms with E-state index in [0.29, 0.717) is 18.4 Å². The van der Waals surface area contributed by atoms with E-state index in [4.69, 9.17) is 16.3 Å². The molecule has 1 aromatic heterocycles. The molecule has 1 heterocycles. The first-order valence-corrected chi connectivity index (χ1v) is 6.76. The number of hydrogen-bond acceptors (Lipinski definition) is 2. The molecule has 2 aromatic rings. The summed E-state index contributed by atoms with van der Waals surface area (Å²) < 4.78 is 8.41. The Bertz CT molecular complexity index is 554. The van der Waals surface area contributed by atoms with E-state index in [1.54, 1.807) is 4.68 Å². The summed E-state index contributed by atoms with van der Waals surface area (Å²) in [6.07, 6.45) is 0. The Kier molecular flexibility index (Phi) is 4.43. The molecule has 0 atom stereocenters. The number of aryl methyl sites for hydroxylation is 2. The van der Waals surface area contributed by atoms with Crippen LogP contribution in [0.2, 0.25) is 5.15 Å². The summed E-state index contributed by atoms with van der Waals surface area (Å²) in [5.74, 6) is 0. The van der Waals surface area contributed by atoms with Crippen LogP contribution in [0.15, 0.2) is 28.7 Å². The summed E-state index contributed by atoms with van der Waals surface area (Å²) in [6.45, 7) is 2.95. The topological polar surface area (TPSA) is 27.1 Å². The van der Waals surface area contributed by atoms with Crippen LogP contribution in [-0.2, 0) is 25.0 Å². The number of ether oxygens (including phenoxy) is 1. The first-order valence-electron chi connectivity index (χ1n) is 5.58. The van der Waals surface area contributed by atoms with Crippen LogP contribution in [0.1, 0.15) is 16.8 Å². The van der Waals surface area contributed by atoms with Gasteiger partial charge in [-0.1, -0.05) is 45.7 Å². The lowest BCUT2D eigenvalue weighted by molar-refractivity contribution is 0.106. The second-order valence-corrected chi connectivity index (χ2v) is 5.27. The third-order valence-corrected chi connectivity index (χ3v) is 3.98. The molecule has 0 bridgehead atoms. The molecule has 0 N–H and O–H groups in total. The molecule has 0 amide bonds. The van der Waals surface area contributed by atoms with E-state index in [1.165, 1.54) is 0 Å². The summed E-state index contributed by atoms with van der Waals surface area (Å²) in [7, 11) is 1.83. The van der Waals surface area contributed by atoms with E-state index >= 15 is 0 Å².